The summed E-state index contributed by atoms with van der Waals surface area (Å²) in [6, 6.07) is 0.851. The van der Waals surface area contributed by atoms with Gasteiger partial charge in [-0.25, -0.2) is 0 Å². The van der Waals surface area contributed by atoms with Crippen molar-refractivity contribution < 1.29 is 0 Å². The van der Waals surface area contributed by atoms with Crippen molar-refractivity contribution in [2.75, 3.05) is 6.54 Å². The molecule has 0 radical (unpaired) electrons. The molecule has 0 unspecified atom stereocenters. The molecule has 1 nitrogen and oxygen atoms in total. The first-order chi connectivity index (χ1) is 4.43. The second-order valence-corrected chi connectivity index (χ2v) is 2.89. The second kappa shape index (κ2) is 6.40. The van der Waals surface area contributed by atoms with Crippen LogP contribution in [0.4, 0.5) is 0 Å². The van der Waals surface area contributed by atoms with Crippen LogP contribution in [0.25, 0.3) is 0 Å². The van der Waals surface area contributed by atoms with Crippen LogP contribution in [0.3, 0.4) is 0 Å². The third-order valence-electron chi connectivity index (χ3n) is 2.10. The van der Waals surface area contributed by atoms with Gasteiger partial charge in [0, 0.05) is 6.04 Å². The minimum absolute atomic E-state index is 0. The number of hydrogen-bond donors (Lipinski definition) is 1. The molecule has 1 aliphatic rings. The van der Waals surface area contributed by atoms with Crippen molar-refractivity contribution in [1.29, 1.82) is 0 Å². The van der Waals surface area contributed by atoms with E-state index in [0.717, 1.165) is 12.6 Å². The molecule has 10 heavy (non-hydrogen) atoms. The molecule has 0 bridgehead atoms. The number of halogens is 1. The van der Waals surface area contributed by atoms with E-state index in [1.165, 1.54) is 32.1 Å². The Kier molecular flexibility index (Phi) is 6.85. The van der Waals surface area contributed by atoms with Gasteiger partial charge in [0.15, 0.2) is 0 Å². The summed E-state index contributed by atoms with van der Waals surface area (Å²) in [5.74, 6) is 0. The predicted octanol–water partition coefficient (Wildman–Crippen LogP) is 2.55. The predicted molar refractivity (Wildman–Crippen MR) is 56.0 cm³/mol. The fraction of sp³-hybridized carbons (Fsp3) is 1.00. The molecule has 0 aromatic heterocycles. The van der Waals surface area contributed by atoms with E-state index in [2.05, 4.69) is 12.2 Å². The molecular formula is C8H18IN. The Hall–Kier alpha value is 0.690. The molecule has 0 spiro atoms. The monoisotopic (exact) mass is 255 g/mol. The minimum Gasteiger partial charge on any atom is -0.314 e. The number of rotatable bonds is 2. The molecule has 2 heteroatoms. The zero-order valence-electron chi connectivity index (χ0n) is 6.73. The summed E-state index contributed by atoms with van der Waals surface area (Å²) in [6.07, 6.45) is 7.17. The van der Waals surface area contributed by atoms with E-state index in [0.29, 0.717) is 0 Å². The maximum Gasteiger partial charge on any atom is 0.00669 e. The zero-order chi connectivity index (χ0) is 6.53. The summed E-state index contributed by atoms with van der Waals surface area (Å²) in [6.45, 7) is 3.33. The molecule has 0 atom stereocenters. The quantitative estimate of drug-likeness (QED) is 0.748. The third-order valence-corrected chi connectivity index (χ3v) is 2.10. The Morgan fingerprint density at radius 2 is 1.80 bits per heavy atom. The normalized spacial score (nSPS) is 20.1. The van der Waals surface area contributed by atoms with E-state index in [9.17, 15) is 0 Å². The lowest BCUT2D eigenvalue weighted by atomic mass is 9.96. The van der Waals surface area contributed by atoms with Crippen LogP contribution in [-0.2, 0) is 0 Å². The van der Waals surface area contributed by atoms with Crippen molar-refractivity contribution in [2.24, 2.45) is 0 Å². The molecule has 0 amide bonds. The molecule has 1 saturated carbocycles. The van der Waals surface area contributed by atoms with Crippen molar-refractivity contribution in [3.05, 3.63) is 0 Å². The van der Waals surface area contributed by atoms with Crippen molar-refractivity contribution >= 4 is 24.0 Å². The van der Waals surface area contributed by atoms with E-state index in [-0.39, 0.29) is 24.0 Å². The SMILES string of the molecule is CCNC1CCCCC1.I. The molecule has 0 aromatic carbocycles. The van der Waals surface area contributed by atoms with Crippen LogP contribution in [0.1, 0.15) is 39.0 Å². The van der Waals surface area contributed by atoms with Gasteiger partial charge in [-0.1, -0.05) is 26.2 Å². The van der Waals surface area contributed by atoms with E-state index >= 15 is 0 Å². The van der Waals surface area contributed by atoms with Gasteiger partial charge in [-0.15, -0.1) is 24.0 Å². The second-order valence-electron chi connectivity index (χ2n) is 2.89. The van der Waals surface area contributed by atoms with Crippen molar-refractivity contribution in [1.82, 2.24) is 5.32 Å². The summed E-state index contributed by atoms with van der Waals surface area (Å²) < 4.78 is 0. The lowest BCUT2D eigenvalue weighted by Crippen LogP contribution is -2.30. The van der Waals surface area contributed by atoms with Gasteiger partial charge < -0.3 is 5.32 Å². The number of hydrogen-bond acceptors (Lipinski definition) is 1. The Bertz CT molecular complexity index is 66.9. The van der Waals surface area contributed by atoms with Gasteiger partial charge in [0.25, 0.3) is 0 Å². The van der Waals surface area contributed by atoms with Crippen LogP contribution < -0.4 is 5.32 Å². The van der Waals surface area contributed by atoms with Gasteiger partial charge in [0.1, 0.15) is 0 Å². The van der Waals surface area contributed by atoms with Crippen molar-refractivity contribution in [3.8, 4) is 0 Å². The first kappa shape index (κ1) is 10.7. The lowest BCUT2D eigenvalue weighted by molar-refractivity contribution is 0.380. The molecule has 1 fully saturated rings. The highest BCUT2D eigenvalue weighted by atomic mass is 127. The fourth-order valence-corrected chi connectivity index (χ4v) is 1.60. The highest BCUT2D eigenvalue weighted by Crippen LogP contribution is 2.16. The van der Waals surface area contributed by atoms with Crippen LogP contribution in [-0.4, -0.2) is 12.6 Å². The Labute approximate surface area is 81.0 Å². The smallest absolute Gasteiger partial charge is 0.00669 e. The third kappa shape index (κ3) is 3.76. The molecule has 1 aliphatic carbocycles. The zero-order valence-corrected chi connectivity index (χ0v) is 9.06. The van der Waals surface area contributed by atoms with Crippen LogP contribution in [0.2, 0.25) is 0 Å². The molecule has 1 N–H and O–H groups in total. The molecule has 0 heterocycles. The first-order valence-corrected chi connectivity index (χ1v) is 4.17. The van der Waals surface area contributed by atoms with E-state index < -0.39 is 0 Å². The van der Waals surface area contributed by atoms with Gasteiger partial charge >= 0.3 is 0 Å². The van der Waals surface area contributed by atoms with Crippen LogP contribution >= 0.6 is 24.0 Å². The van der Waals surface area contributed by atoms with E-state index in [1.54, 1.807) is 0 Å². The first-order valence-electron chi connectivity index (χ1n) is 4.17. The maximum absolute atomic E-state index is 3.48. The fourth-order valence-electron chi connectivity index (χ4n) is 1.60. The summed E-state index contributed by atoms with van der Waals surface area (Å²) in [7, 11) is 0. The molecule has 0 aliphatic heterocycles. The molecule has 62 valence electrons. The van der Waals surface area contributed by atoms with E-state index in [4.69, 9.17) is 0 Å². The topological polar surface area (TPSA) is 12.0 Å². The highest BCUT2D eigenvalue weighted by molar-refractivity contribution is 14.0. The van der Waals surface area contributed by atoms with Crippen LogP contribution in [0.5, 0.6) is 0 Å². The average Bonchev–Trinajstić information content (AvgIpc) is 1.91. The van der Waals surface area contributed by atoms with Crippen LogP contribution in [0, 0.1) is 0 Å². The average molecular weight is 255 g/mol. The van der Waals surface area contributed by atoms with Gasteiger partial charge in [-0.2, -0.15) is 0 Å². The Morgan fingerprint density at radius 1 is 1.20 bits per heavy atom. The summed E-state index contributed by atoms with van der Waals surface area (Å²) in [5.41, 5.74) is 0. The summed E-state index contributed by atoms with van der Waals surface area (Å²) >= 11 is 0. The van der Waals surface area contributed by atoms with Gasteiger partial charge in [0.2, 0.25) is 0 Å². The van der Waals surface area contributed by atoms with Gasteiger partial charge in [0.05, 0.1) is 0 Å². The standard InChI is InChI=1S/C8H17N.HI/c1-2-9-8-6-4-3-5-7-8;/h8-9H,2-7H2,1H3;1H. The van der Waals surface area contributed by atoms with Crippen LogP contribution in [0.15, 0.2) is 0 Å². The molecule has 0 aromatic rings. The Balaban J connectivity index is 0.000000810. The Morgan fingerprint density at radius 3 is 2.30 bits per heavy atom. The lowest BCUT2D eigenvalue weighted by Gasteiger charge is -2.21. The van der Waals surface area contributed by atoms with Crippen molar-refractivity contribution in [3.63, 3.8) is 0 Å². The van der Waals surface area contributed by atoms with Crippen molar-refractivity contribution in [2.45, 2.75) is 45.1 Å². The minimum atomic E-state index is 0. The number of nitrogens with one attached hydrogen (secondary N) is 1. The maximum atomic E-state index is 3.48. The summed E-state index contributed by atoms with van der Waals surface area (Å²) in [5, 5.41) is 3.48. The highest BCUT2D eigenvalue weighted by Gasteiger charge is 2.10. The summed E-state index contributed by atoms with van der Waals surface area (Å²) in [4.78, 5) is 0. The largest absolute Gasteiger partial charge is 0.314 e. The molecular weight excluding hydrogens is 237 g/mol. The molecule has 0 saturated heterocycles. The van der Waals surface area contributed by atoms with E-state index in [1.807, 2.05) is 0 Å². The molecule has 1 rings (SSSR count). The van der Waals surface area contributed by atoms with Gasteiger partial charge in [-0.3, -0.25) is 0 Å². The van der Waals surface area contributed by atoms with Gasteiger partial charge in [-0.05, 0) is 19.4 Å².